The molecule has 10 heteroatoms. The average molecular weight is 439 g/mol. The number of aromatic nitrogens is 2. The van der Waals surface area contributed by atoms with Gasteiger partial charge in [-0.3, -0.25) is 9.59 Å². The van der Waals surface area contributed by atoms with Crippen molar-refractivity contribution >= 4 is 69.6 Å². The van der Waals surface area contributed by atoms with Gasteiger partial charge in [-0.15, -0.1) is 21.5 Å². The first-order chi connectivity index (χ1) is 13.0. The van der Waals surface area contributed by atoms with E-state index in [4.69, 9.17) is 23.2 Å². The standard InChI is InChI=1S/C17H12Cl2N4O2S2/c18-10-3-1-4-11(16(10)19)20-14(24)9-27-15-7-6-13(22-23-15)21-17(25)12-5-2-8-26-12/h1-8H,9H2,(H,20,24)(H,21,22,25). The SMILES string of the molecule is O=C(CSc1ccc(NC(=O)c2cccs2)nn1)Nc1cccc(Cl)c1Cl. The first-order valence-electron chi connectivity index (χ1n) is 7.58. The maximum Gasteiger partial charge on any atom is 0.266 e. The minimum atomic E-state index is -0.249. The van der Waals surface area contributed by atoms with Gasteiger partial charge in [0.05, 0.1) is 26.4 Å². The number of rotatable bonds is 6. The highest BCUT2D eigenvalue weighted by atomic mass is 35.5. The molecule has 0 radical (unpaired) electrons. The number of hydrogen-bond acceptors (Lipinski definition) is 6. The van der Waals surface area contributed by atoms with Crippen molar-refractivity contribution in [2.75, 3.05) is 16.4 Å². The summed E-state index contributed by atoms with van der Waals surface area (Å²) in [6.45, 7) is 0. The lowest BCUT2D eigenvalue weighted by Gasteiger charge is -2.08. The van der Waals surface area contributed by atoms with Gasteiger partial charge < -0.3 is 10.6 Å². The first-order valence-corrected chi connectivity index (χ1v) is 10.2. The zero-order chi connectivity index (χ0) is 19.2. The number of carbonyl (C=O) groups is 2. The van der Waals surface area contributed by atoms with Crippen molar-refractivity contribution < 1.29 is 9.59 Å². The van der Waals surface area contributed by atoms with Crippen LogP contribution < -0.4 is 10.6 Å². The van der Waals surface area contributed by atoms with E-state index in [1.807, 2.05) is 5.38 Å². The Bertz CT molecular complexity index is 950. The third kappa shape index (κ3) is 5.43. The predicted molar refractivity (Wildman–Crippen MR) is 110 cm³/mol. The van der Waals surface area contributed by atoms with Crippen molar-refractivity contribution in [1.82, 2.24) is 10.2 Å². The predicted octanol–water partition coefficient (Wildman–Crippen LogP) is 4.83. The van der Waals surface area contributed by atoms with Gasteiger partial charge in [0, 0.05) is 0 Å². The molecule has 2 amide bonds. The topological polar surface area (TPSA) is 84.0 Å². The van der Waals surface area contributed by atoms with Crippen molar-refractivity contribution in [2.24, 2.45) is 0 Å². The fourth-order valence-electron chi connectivity index (χ4n) is 1.98. The number of thioether (sulfide) groups is 1. The Kier molecular flexibility index (Phi) is 6.68. The molecular weight excluding hydrogens is 427 g/mol. The molecule has 6 nitrogen and oxygen atoms in total. The summed E-state index contributed by atoms with van der Waals surface area (Å²) in [5.74, 6) is -0.0234. The van der Waals surface area contributed by atoms with Gasteiger partial charge in [-0.05, 0) is 35.7 Å². The normalized spacial score (nSPS) is 10.4. The highest BCUT2D eigenvalue weighted by Crippen LogP contribution is 2.29. The Hall–Kier alpha value is -2.13. The second kappa shape index (κ2) is 9.18. The van der Waals surface area contributed by atoms with Crippen molar-refractivity contribution in [2.45, 2.75) is 5.03 Å². The van der Waals surface area contributed by atoms with Crippen LogP contribution in [-0.2, 0) is 4.79 Å². The zero-order valence-corrected chi connectivity index (χ0v) is 16.8. The van der Waals surface area contributed by atoms with E-state index in [0.29, 0.717) is 31.5 Å². The largest absolute Gasteiger partial charge is 0.324 e. The van der Waals surface area contributed by atoms with E-state index in [-0.39, 0.29) is 17.6 Å². The monoisotopic (exact) mass is 438 g/mol. The number of nitrogens with zero attached hydrogens (tertiary/aromatic N) is 2. The number of carbonyl (C=O) groups excluding carboxylic acids is 2. The molecule has 0 aliphatic carbocycles. The van der Waals surface area contributed by atoms with E-state index in [2.05, 4.69) is 20.8 Å². The summed E-state index contributed by atoms with van der Waals surface area (Å²) in [6, 6.07) is 11.8. The zero-order valence-electron chi connectivity index (χ0n) is 13.6. The lowest BCUT2D eigenvalue weighted by atomic mass is 10.3. The van der Waals surface area contributed by atoms with Gasteiger partial charge in [0.15, 0.2) is 5.82 Å². The molecule has 27 heavy (non-hydrogen) atoms. The van der Waals surface area contributed by atoms with Crippen LogP contribution in [0, 0.1) is 0 Å². The van der Waals surface area contributed by atoms with Gasteiger partial charge in [0.25, 0.3) is 5.91 Å². The van der Waals surface area contributed by atoms with Crippen molar-refractivity contribution in [3.05, 3.63) is 62.8 Å². The summed E-state index contributed by atoms with van der Waals surface area (Å²) in [5.41, 5.74) is 0.451. The van der Waals surface area contributed by atoms with E-state index >= 15 is 0 Å². The fraction of sp³-hybridized carbons (Fsp3) is 0.0588. The number of halogens is 2. The van der Waals surface area contributed by atoms with Crippen LogP contribution in [0.2, 0.25) is 10.0 Å². The second-order valence-electron chi connectivity index (χ2n) is 5.13. The summed E-state index contributed by atoms with van der Waals surface area (Å²) in [7, 11) is 0. The van der Waals surface area contributed by atoms with Crippen LogP contribution in [0.25, 0.3) is 0 Å². The number of thiophene rings is 1. The number of hydrogen-bond donors (Lipinski definition) is 2. The van der Waals surface area contributed by atoms with E-state index < -0.39 is 0 Å². The highest BCUT2D eigenvalue weighted by molar-refractivity contribution is 7.99. The van der Waals surface area contributed by atoms with Crippen LogP contribution >= 0.6 is 46.3 Å². The van der Waals surface area contributed by atoms with Gasteiger partial charge in [-0.1, -0.05) is 47.1 Å². The van der Waals surface area contributed by atoms with Crippen molar-refractivity contribution in [3.63, 3.8) is 0 Å². The maximum atomic E-state index is 12.1. The molecule has 3 rings (SSSR count). The van der Waals surface area contributed by atoms with E-state index in [1.165, 1.54) is 23.1 Å². The van der Waals surface area contributed by atoms with E-state index in [0.717, 1.165) is 0 Å². The van der Waals surface area contributed by atoms with E-state index in [9.17, 15) is 9.59 Å². The maximum absolute atomic E-state index is 12.1. The summed E-state index contributed by atoms with van der Waals surface area (Å²) >= 11 is 14.5. The van der Waals surface area contributed by atoms with Crippen LogP contribution in [0.15, 0.2) is 52.9 Å². The van der Waals surface area contributed by atoms with Gasteiger partial charge in [0.2, 0.25) is 5.91 Å². The lowest BCUT2D eigenvalue weighted by Crippen LogP contribution is -2.14. The van der Waals surface area contributed by atoms with Crippen LogP contribution in [0.3, 0.4) is 0 Å². The average Bonchev–Trinajstić information content (AvgIpc) is 3.20. The molecule has 3 aromatic rings. The molecule has 2 N–H and O–H groups in total. The number of amides is 2. The number of benzene rings is 1. The summed E-state index contributed by atoms with van der Waals surface area (Å²) < 4.78 is 0. The van der Waals surface area contributed by atoms with E-state index in [1.54, 1.807) is 42.5 Å². The van der Waals surface area contributed by atoms with Gasteiger partial charge in [-0.2, -0.15) is 0 Å². The lowest BCUT2D eigenvalue weighted by molar-refractivity contribution is -0.113. The van der Waals surface area contributed by atoms with Gasteiger partial charge >= 0.3 is 0 Å². The molecule has 0 atom stereocenters. The minimum Gasteiger partial charge on any atom is -0.324 e. The Morgan fingerprint density at radius 3 is 2.59 bits per heavy atom. The minimum absolute atomic E-state index is 0.123. The van der Waals surface area contributed by atoms with Crippen LogP contribution in [0.5, 0.6) is 0 Å². The molecule has 0 aliphatic heterocycles. The molecule has 2 heterocycles. The van der Waals surface area contributed by atoms with Crippen molar-refractivity contribution in [3.8, 4) is 0 Å². The van der Waals surface area contributed by atoms with Crippen LogP contribution in [0.1, 0.15) is 9.67 Å². The fourth-order valence-corrected chi connectivity index (χ4v) is 3.56. The molecule has 0 saturated carbocycles. The summed E-state index contributed by atoms with van der Waals surface area (Å²) in [5, 5.41) is 16.3. The third-order valence-electron chi connectivity index (χ3n) is 3.20. The molecular formula is C17H12Cl2N4O2S2. The number of nitrogens with one attached hydrogen (secondary N) is 2. The molecule has 0 saturated heterocycles. The molecule has 138 valence electrons. The molecule has 0 unspecified atom stereocenters. The second-order valence-corrected chi connectivity index (χ2v) is 7.85. The Morgan fingerprint density at radius 2 is 1.89 bits per heavy atom. The third-order valence-corrected chi connectivity index (χ3v) is 5.81. The molecule has 1 aromatic carbocycles. The Balaban J connectivity index is 1.51. The first kappa shape index (κ1) is 19.6. The molecule has 0 aliphatic rings. The molecule has 2 aromatic heterocycles. The molecule has 0 spiro atoms. The molecule has 0 bridgehead atoms. The van der Waals surface area contributed by atoms with Gasteiger partial charge in [0.1, 0.15) is 5.03 Å². The summed E-state index contributed by atoms with van der Waals surface area (Å²) in [4.78, 5) is 24.6. The van der Waals surface area contributed by atoms with Crippen LogP contribution in [-0.4, -0.2) is 27.8 Å². The number of anilines is 2. The van der Waals surface area contributed by atoms with Crippen molar-refractivity contribution in [1.29, 1.82) is 0 Å². The smallest absolute Gasteiger partial charge is 0.266 e. The molecule has 0 fully saturated rings. The van der Waals surface area contributed by atoms with Gasteiger partial charge in [-0.25, -0.2) is 0 Å². The highest BCUT2D eigenvalue weighted by Gasteiger charge is 2.11. The summed E-state index contributed by atoms with van der Waals surface area (Å²) in [6.07, 6.45) is 0. The van der Waals surface area contributed by atoms with Crippen LogP contribution in [0.4, 0.5) is 11.5 Å². The quantitative estimate of drug-likeness (QED) is 0.538. The Labute approximate surface area is 173 Å². The Morgan fingerprint density at radius 1 is 1.04 bits per heavy atom.